The number of halogens is 1. The number of hydrogen-bond donors (Lipinski definition) is 1. The molecule has 38 heavy (non-hydrogen) atoms. The minimum Gasteiger partial charge on any atom is -0.495 e. The van der Waals surface area contributed by atoms with Gasteiger partial charge in [0.1, 0.15) is 24.2 Å². The number of anilines is 1. The van der Waals surface area contributed by atoms with Crippen LogP contribution in [0.15, 0.2) is 71.6 Å². The molecular formula is C28H32FN3O5S. The van der Waals surface area contributed by atoms with Gasteiger partial charge in [0.05, 0.1) is 17.7 Å². The Bertz CT molecular complexity index is 1390. The first-order valence-electron chi connectivity index (χ1n) is 12.0. The Kier molecular flexibility index (Phi) is 9.11. The maximum Gasteiger partial charge on any atom is 0.264 e. The Hall–Kier alpha value is -3.92. The second kappa shape index (κ2) is 12.1. The third-order valence-corrected chi connectivity index (χ3v) is 7.94. The zero-order valence-electron chi connectivity index (χ0n) is 22.1. The van der Waals surface area contributed by atoms with Gasteiger partial charge in [-0.3, -0.25) is 13.9 Å². The summed E-state index contributed by atoms with van der Waals surface area (Å²) in [5, 5.41) is 2.52. The lowest BCUT2D eigenvalue weighted by Crippen LogP contribution is -2.50. The number of hydrogen-bond acceptors (Lipinski definition) is 5. The highest BCUT2D eigenvalue weighted by Crippen LogP contribution is 2.33. The van der Waals surface area contributed by atoms with E-state index in [1.807, 2.05) is 6.92 Å². The summed E-state index contributed by atoms with van der Waals surface area (Å²) in [6.07, 6.45) is 0. The molecule has 0 aliphatic rings. The van der Waals surface area contributed by atoms with E-state index in [2.05, 4.69) is 5.32 Å². The molecule has 0 radical (unpaired) electrons. The molecule has 0 aromatic heterocycles. The smallest absolute Gasteiger partial charge is 0.264 e. The van der Waals surface area contributed by atoms with Crippen LogP contribution in [0, 0.1) is 19.7 Å². The van der Waals surface area contributed by atoms with E-state index < -0.39 is 40.2 Å². The molecule has 0 saturated carbocycles. The van der Waals surface area contributed by atoms with Crippen LogP contribution in [-0.4, -0.2) is 51.9 Å². The lowest BCUT2D eigenvalue weighted by molar-refractivity contribution is -0.139. The number of methoxy groups -OCH3 is 1. The van der Waals surface area contributed by atoms with Crippen LogP contribution in [0.2, 0.25) is 0 Å². The third kappa shape index (κ3) is 6.49. The molecule has 10 heteroatoms. The first-order valence-corrected chi connectivity index (χ1v) is 13.4. The zero-order valence-corrected chi connectivity index (χ0v) is 22.9. The molecule has 0 bridgehead atoms. The summed E-state index contributed by atoms with van der Waals surface area (Å²) in [5.74, 6) is -1.22. The zero-order chi connectivity index (χ0) is 28.0. The summed E-state index contributed by atoms with van der Waals surface area (Å²) in [5.41, 5.74) is 2.41. The lowest BCUT2D eigenvalue weighted by Gasteiger charge is -2.32. The normalized spacial score (nSPS) is 11.9. The molecule has 0 heterocycles. The number of ether oxygens (including phenoxy) is 1. The number of sulfonamides is 1. The fourth-order valence-electron chi connectivity index (χ4n) is 3.92. The maximum absolute atomic E-state index is 13.9. The van der Waals surface area contributed by atoms with Crippen molar-refractivity contribution in [1.29, 1.82) is 0 Å². The van der Waals surface area contributed by atoms with Crippen molar-refractivity contribution in [3.63, 3.8) is 0 Å². The number of likely N-dealkylation sites (N-methyl/N-ethyl adjacent to an activating group) is 1. The second-order valence-electron chi connectivity index (χ2n) is 8.94. The van der Waals surface area contributed by atoms with E-state index in [-0.39, 0.29) is 22.9 Å². The van der Waals surface area contributed by atoms with Gasteiger partial charge in [0.25, 0.3) is 10.0 Å². The van der Waals surface area contributed by atoms with Crippen LogP contribution in [-0.2, 0) is 26.2 Å². The van der Waals surface area contributed by atoms with E-state index in [0.29, 0.717) is 5.56 Å². The first-order chi connectivity index (χ1) is 18.0. The number of benzene rings is 3. The monoisotopic (exact) mass is 541 g/mol. The summed E-state index contributed by atoms with van der Waals surface area (Å²) in [4.78, 5) is 27.6. The maximum atomic E-state index is 13.9. The number of carbonyl (C=O) groups excluding carboxylic acids is 2. The number of nitrogens with one attached hydrogen (secondary N) is 1. The molecule has 3 rings (SSSR count). The number of amides is 2. The fraction of sp³-hybridized carbons (Fsp3) is 0.286. The number of carbonyl (C=O) groups is 2. The van der Waals surface area contributed by atoms with Crippen molar-refractivity contribution in [1.82, 2.24) is 10.2 Å². The van der Waals surface area contributed by atoms with Crippen LogP contribution >= 0.6 is 0 Å². The minimum absolute atomic E-state index is 0.00361. The minimum atomic E-state index is -4.22. The Morgan fingerprint density at radius 2 is 1.58 bits per heavy atom. The van der Waals surface area contributed by atoms with Gasteiger partial charge in [-0.2, -0.15) is 0 Å². The van der Waals surface area contributed by atoms with Crippen molar-refractivity contribution < 1.29 is 27.1 Å². The molecule has 0 aliphatic heterocycles. The number of aryl methyl sites for hydroxylation is 2. The van der Waals surface area contributed by atoms with E-state index in [1.54, 1.807) is 44.2 Å². The van der Waals surface area contributed by atoms with Gasteiger partial charge in [0.15, 0.2) is 0 Å². The molecule has 1 N–H and O–H groups in total. The van der Waals surface area contributed by atoms with Crippen LogP contribution < -0.4 is 14.4 Å². The van der Waals surface area contributed by atoms with E-state index in [9.17, 15) is 22.4 Å². The highest BCUT2D eigenvalue weighted by atomic mass is 32.2. The Labute approximate surface area is 223 Å². The van der Waals surface area contributed by atoms with E-state index in [0.717, 1.165) is 15.4 Å². The highest BCUT2D eigenvalue weighted by molar-refractivity contribution is 7.92. The molecule has 202 valence electrons. The van der Waals surface area contributed by atoms with Gasteiger partial charge >= 0.3 is 0 Å². The van der Waals surface area contributed by atoms with Gasteiger partial charge in [0.2, 0.25) is 11.8 Å². The van der Waals surface area contributed by atoms with Crippen molar-refractivity contribution in [2.24, 2.45) is 0 Å². The molecule has 0 fully saturated rings. The quantitative estimate of drug-likeness (QED) is 0.421. The number of nitrogens with zero attached hydrogens (tertiary/aromatic N) is 2. The molecule has 0 saturated heterocycles. The summed E-state index contributed by atoms with van der Waals surface area (Å²) in [6, 6.07) is 16.0. The summed E-state index contributed by atoms with van der Waals surface area (Å²) < 4.78 is 47.8. The van der Waals surface area contributed by atoms with E-state index in [4.69, 9.17) is 4.74 Å². The predicted molar refractivity (Wildman–Crippen MR) is 144 cm³/mol. The van der Waals surface area contributed by atoms with Crippen molar-refractivity contribution in [3.05, 3.63) is 89.2 Å². The predicted octanol–water partition coefficient (Wildman–Crippen LogP) is 3.81. The Morgan fingerprint density at radius 3 is 2.16 bits per heavy atom. The van der Waals surface area contributed by atoms with Crippen LogP contribution in [0.1, 0.15) is 23.6 Å². The van der Waals surface area contributed by atoms with Crippen LogP contribution in [0.3, 0.4) is 0 Å². The third-order valence-electron chi connectivity index (χ3n) is 6.17. The van der Waals surface area contributed by atoms with Crippen molar-refractivity contribution in [2.75, 3.05) is 25.0 Å². The van der Waals surface area contributed by atoms with Gasteiger partial charge < -0.3 is 15.0 Å². The van der Waals surface area contributed by atoms with Gasteiger partial charge in [-0.1, -0.05) is 35.9 Å². The molecule has 1 atom stereocenters. The van der Waals surface area contributed by atoms with Gasteiger partial charge in [-0.05, 0) is 68.3 Å². The van der Waals surface area contributed by atoms with Gasteiger partial charge in [0, 0.05) is 13.6 Å². The van der Waals surface area contributed by atoms with Crippen molar-refractivity contribution in [2.45, 2.75) is 38.3 Å². The molecule has 0 spiro atoms. The van der Waals surface area contributed by atoms with Crippen molar-refractivity contribution >= 4 is 27.5 Å². The average Bonchev–Trinajstić information content (AvgIpc) is 2.90. The van der Waals surface area contributed by atoms with E-state index >= 15 is 0 Å². The highest BCUT2D eigenvalue weighted by Gasteiger charge is 2.33. The Balaban J connectivity index is 2.10. The molecule has 0 unspecified atom stereocenters. The second-order valence-corrected chi connectivity index (χ2v) is 10.8. The molecule has 3 aromatic rings. The molecule has 8 nitrogen and oxygen atoms in total. The van der Waals surface area contributed by atoms with Crippen LogP contribution in [0.5, 0.6) is 5.75 Å². The van der Waals surface area contributed by atoms with Crippen molar-refractivity contribution in [3.8, 4) is 5.75 Å². The van der Waals surface area contributed by atoms with Crippen LogP contribution in [0.25, 0.3) is 0 Å². The average molecular weight is 542 g/mol. The SMILES string of the molecule is CNC(=O)[C@@H](C)N(Cc1ccc(F)cc1)C(=O)CN(c1cc(C)ccc1OC)S(=O)(=O)c1ccc(C)cc1. The summed E-state index contributed by atoms with van der Waals surface area (Å²) in [6.45, 7) is 4.56. The lowest BCUT2D eigenvalue weighted by atomic mass is 10.1. The first kappa shape index (κ1) is 28.6. The van der Waals surface area contributed by atoms with Gasteiger partial charge in [-0.25, -0.2) is 12.8 Å². The van der Waals surface area contributed by atoms with Gasteiger partial charge in [-0.15, -0.1) is 0 Å². The van der Waals surface area contributed by atoms with Crippen LogP contribution in [0.4, 0.5) is 10.1 Å². The fourth-order valence-corrected chi connectivity index (χ4v) is 5.34. The summed E-state index contributed by atoms with van der Waals surface area (Å²) >= 11 is 0. The standard InChI is InChI=1S/C28H32FN3O5S/c1-19-6-13-24(14-7-19)38(35,36)32(25-16-20(2)8-15-26(25)37-5)18-27(33)31(21(3)28(34)30-4)17-22-9-11-23(29)12-10-22/h6-16,21H,17-18H2,1-5H3,(H,30,34)/t21-/m1/s1. The molecule has 3 aromatic carbocycles. The molecule has 2 amide bonds. The topological polar surface area (TPSA) is 96.0 Å². The summed E-state index contributed by atoms with van der Waals surface area (Å²) in [7, 11) is -1.36. The largest absolute Gasteiger partial charge is 0.495 e. The van der Waals surface area contributed by atoms with E-state index in [1.165, 1.54) is 55.5 Å². The molecular weight excluding hydrogens is 509 g/mol. The Morgan fingerprint density at radius 1 is 0.974 bits per heavy atom. The number of rotatable bonds is 10. The molecule has 0 aliphatic carbocycles.